The number of benzene rings is 1. The van der Waals surface area contributed by atoms with Crippen LogP contribution in [0.4, 0.5) is 5.69 Å². The maximum atomic E-state index is 12.9. The number of carbonyl (C=O) groups excluding carboxylic acids is 3. The van der Waals surface area contributed by atoms with E-state index >= 15 is 0 Å². The summed E-state index contributed by atoms with van der Waals surface area (Å²) >= 11 is 0. The molecule has 0 saturated carbocycles. The van der Waals surface area contributed by atoms with Gasteiger partial charge in [-0.1, -0.05) is 13.8 Å². The summed E-state index contributed by atoms with van der Waals surface area (Å²) in [4.78, 5) is 41.8. The average molecular weight is 402 g/mol. The number of anilines is 1. The van der Waals surface area contributed by atoms with E-state index in [2.05, 4.69) is 5.32 Å². The Kier molecular flexibility index (Phi) is 6.77. The predicted octanol–water partition coefficient (Wildman–Crippen LogP) is 2.20. The Bertz CT molecular complexity index is 741. The second-order valence-electron chi connectivity index (χ2n) is 8.22. The van der Waals surface area contributed by atoms with E-state index in [-0.39, 0.29) is 30.1 Å². The zero-order valence-electron chi connectivity index (χ0n) is 17.5. The molecule has 2 fully saturated rings. The zero-order chi connectivity index (χ0) is 21.0. The van der Waals surface area contributed by atoms with Gasteiger partial charge in [0, 0.05) is 31.7 Å². The first-order chi connectivity index (χ1) is 13.9. The van der Waals surface area contributed by atoms with Crippen LogP contribution in [0.5, 0.6) is 5.75 Å². The van der Waals surface area contributed by atoms with Crippen molar-refractivity contribution in [1.82, 2.24) is 10.2 Å². The number of hydrogen-bond donors (Lipinski definition) is 1. The maximum Gasteiger partial charge on any atom is 0.245 e. The maximum absolute atomic E-state index is 12.9. The lowest BCUT2D eigenvalue weighted by Crippen LogP contribution is -2.53. The minimum atomic E-state index is -0.550. The highest BCUT2D eigenvalue weighted by Gasteiger charge is 2.38. The van der Waals surface area contributed by atoms with Gasteiger partial charge in [-0.05, 0) is 49.4 Å². The van der Waals surface area contributed by atoms with Crippen LogP contribution in [0.1, 0.15) is 39.5 Å². The van der Waals surface area contributed by atoms with Crippen LogP contribution in [0.15, 0.2) is 24.3 Å². The number of ether oxygens (including phenoxy) is 1. The normalized spacial score (nSPS) is 20.7. The molecule has 3 amide bonds. The van der Waals surface area contributed by atoms with E-state index in [1.807, 2.05) is 30.9 Å². The van der Waals surface area contributed by atoms with Gasteiger partial charge in [-0.2, -0.15) is 0 Å². The number of piperidine rings is 1. The van der Waals surface area contributed by atoms with E-state index in [0.717, 1.165) is 38.0 Å². The lowest BCUT2D eigenvalue weighted by molar-refractivity contribution is -0.139. The minimum Gasteiger partial charge on any atom is -0.497 e. The first-order valence-electron chi connectivity index (χ1n) is 10.4. The number of rotatable bonds is 6. The summed E-state index contributed by atoms with van der Waals surface area (Å²) in [6.07, 6.45) is 3.32. The van der Waals surface area contributed by atoms with E-state index < -0.39 is 12.0 Å². The second kappa shape index (κ2) is 9.29. The van der Waals surface area contributed by atoms with E-state index in [9.17, 15) is 14.4 Å². The van der Waals surface area contributed by atoms with Crippen LogP contribution in [0.25, 0.3) is 0 Å². The fourth-order valence-corrected chi connectivity index (χ4v) is 3.99. The van der Waals surface area contributed by atoms with Crippen LogP contribution in [0.3, 0.4) is 0 Å². The second-order valence-corrected chi connectivity index (χ2v) is 8.22. The van der Waals surface area contributed by atoms with Crippen molar-refractivity contribution in [3.05, 3.63) is 24.3 Å². The van der Waals surface area contributed by atoms with Crippen LogP contribution < -0.4 is 15.0 Å². The van der Waals surface area contributed by atoms with Gasteiger partial charge in [0.2, 0.25) is 17.7 Å². The summed E-state index contributed by atoms with van der Waals surface area (Å²) in [6.45, 7) is 5.71. The molecular weight excluding hydrogens is 370 g/mol. The van der Waals surface area contributed by atoms with Gasteiger partial charge in [-0.3, -0.25) is 14.4 Å². The third-order valence-electron chi connectivity index (χ3n) is 5.78. The number of nitrogens with zero attached hydrogens (tertiary/aromatic N) is 2. The molecular formula is C22H31N3O4. The van der Waals surface area contributed by atoms with Crippen LogP contribution in [0, 0.1) is 11.8 Å². The SMILES string of the molecule is COc1ccc(N2CC(C(=O)NC(C(=O)N3CCCCC3)C(C)C)CC2=O)cc1. The molecule has 2 saturated heterocycles. The van der Waals surface area contributed by atoms with Crippen molar-refractivity contribution >= 4 is 23.4 Å². The molecule has 0 spiro atoms. The predicted molar refractivity (Wildman–Crippen MR) is 111 cm³/mol. The Hall–Kier alpha value is -2.57. The van der Waals surface area contributed by atoms with Gasteiger partial charge in [0.15, 0.2) is 0 Å². The standard InChI is InChI=1S/C22H31N3O4/c1-15(2)20(22(28)24-11-5-4-6-12-24)23-21(27)16-13-19(26)25(14-16)17-7-9-18(29-3)10-8-17/h7-10,15-16,20H,4-6,11-14H2,1-3H3,(H,23,27). The quantitative estimate of drug-likeness (QED) is 0.793. The molecule has 29 heavy (non-hydrogen) atoms. The zero-order valence-corrected chi connectivity index (χ0v) is 17.5. The third-order valence-corrected chi connectivity index (χ3v) is 5.78. The average Bonchev–Trinajstić information content (AvgIpc) is 3.13. The summed E-state index contributed by atoms with van der Waals surface area (Å²) < 4.78 is 5.15. The van der Waals surface area contributed by atoms with Gasteiger partial charge >= 0.3 is 0 Å². The number of hydrogen-bond acceptors (Lipinski definition) is 4. The van der Waals surface area contributed by atoms with Crippen LogP contribution in [-0.2, 0) is 14.4 Å². The highest BCUT2D eigenvalue weighted by atomic mass is 16.5. The fourth-order valence-electron chi connectivity index (χ4n) is 3.99. The smallest absolute Gasteiger partial charge is 0.245 e. The summed E-state index contributed by atoms with van der Waals surface area (Å²) in [5.74, 6) is -0.0737. The Morgan fingerprint density at radius 3 is 2.34 bits per heavy atom. The lowest BCUT2D eigenvalue weighted by Gasteiger charge is -2.32. The molecule has 2 aliphatic heterocycles. The highest BCUT2D eigenvalue weighted by molar-refractivity contribution is 6.01. The lowest BCUT2D eigenvalue weighted by atomic mass is 9.99. The number of nitrogens with one attached hydrogen (secondary N) is 1. The summed E-state index contributed by atoms with van der Waals surface area (Å²) in [6, 6.07) is 6.66. The van der Waals surface area contributed by atoms with Crippen molar-refractivity contribution in [3.63, 3.8) is 0 Å². The Morgan fingerprint density at radius 2 is 1.76 bits per heavy atom. The highest BCUT2D eigenvalue weighted by Crippen LogP contribution is 2.27. The van der Waals surface area contributed by atoms with Crippen molar-refractivity contribution in [3.8, 4) is 5.75 Å². The number of methoxy groups -OCH3 is 1. The van der Waals surface area contributed by atoms with E-state index in [1.165, 1.54) is 0 Å². The molecule has 2 aliphatic rings. The molecule has 1 aromatic rings. The Morgan fingerprint density at radius 1 is 1.10 bits per heavy atom. The third kappa shape index (κ3) is 4.89. The van der Waals surface area contributed by atoms with Crippen molar-refractivity contribution < 1.29 is 19.1 Å². The van der Waals surface area contributed by atoms with Gasteiger partial charge in [0.25, 0.3) is 0 Å². The molecule has 7 heteroatoms. The minimum absolute atomic E-state index is 0.00983. The van der Waals surface area contributed by atoms with Gasteiger partial charge in [-0.25, -0.2) is 0 Å². The van der Waals surface area contributed by atoms with E-state index in [0.29, 0.717) is 12.3 Å². The van der Waals surface area contributed by atoms with Crippen LogP contribution in [0.2, 0.25) is 0 Å². The fraction of sp³-hybridized carbons (Fsp3) is 0.591. The van der Waals surface area contributed by atoms with Gasteiger partial charge < -0.3 is 19.9 Å². The number of carbonyl (C=O) groups is 3. The van der Waals surface area contributed by atoms with Crippen molar-refractivity contribution in [1.29, 1.82) is 0 Å². The van der Waals surface area contributed by atoms with Crippen LogP contribution in [-0.4, -0.2) is 55.4 Å². The molecule has 7 nitrogen and oxygen atoms in total. The van der Waals surface area contributed by atoms with E-state index in [4.69, 9.17) is 4.74 Å². The first-order valence-corrected chi connectivity index (χ1v) is 10.4. The van der Waals surface area contributed by atoms with Crippen molar-refractivity contribution in [2.45, 2.75) is 45.6 Å². The number of amides is 3. The van der Waals surface area contributed by atoms with Gasteiger partial charge in [-0.15, -0.1) is 0 Å². The largest absolute Gasteiger partial charge is 0.497 e. The van der Waals surface area contributed by atoms with Gasteiger partial charge in [0.1, 0.15) is 11.8 Å². The molecule has 2 unspecified atom stereocenters. The first kappa shape index (κ1) is 21.1. The van der Waals surface area contributed by atoms with Crippen LogP contribution >= 0.6 is 0 Å². The summed E-state index contributed by atoms with van der Waals surface area (Å²) in [5, 5.41) is 2.94. The number of likely N-dealkylation sites (tertiary alicyclic amines) is 1. The molecule has 158 valence electrons. The molecule has 2 atom stereocenters. The monoisotopic (exact) mass is 401 g/mol. The Labute approximate surface area is 172 Å². The molecule has 1 N–H and O–H groups in total. The topological polar surface area (TPSA) is 79.0 Å². The summed E-state index contributed by atoms with van der Waals surface area (Å²) in [7, 11) is 1.59. The van der Waals surface area contributed by atoms with Gasteiger partial charge in [0.05, 0.1) is 13.0 Å². The molecule has 0 bridgehead atoms. The summed E-state index contributed by atoms with van der Waals surface area (Å²) in [5.41, 5.74) is 0.746. The molecule has 0 radical (unpaired) electrons. The molecule has 0 aliphatic carbocycles. The van der Waals surface area contributed by atoms with Crippen molar-refractivity contribution in [2.24, 2.45) is 11.8 Å². The Balaban J connectivity index is 1.64. The molecule has 0 aromatic heterocycles. The molecule has 3 rings (SSSR count). The molecule has 1 aromatic carbocycles. The molecule has 2 heterocycles. The van der Waals surface area contributed by atoms with Crippen molar-refractivity contribution in [2.75, 3.05) is 31.6 Å². The van der Waals surface area contributed by atoms with E-state index in [1.54, 1.807) is 24.1 Å².